The summed E-state index contributed by atoms with van der Waals surface area (Å²) in [5.74, 6) is 0. The van der Waals surface area contributed by atoms with Gasteiger partial charge in [0.1, 0.15) is 0 Å². The van der Waals surface area contributed by atoms with E-state index in [1.54, 1.807) is 0 Å². The summed E-state index contributed by atoms with van der Waals surface area (Å²) in [4.78, 5) is 4.78. The SMILES string of the molecule is CC(C)(C)c1c[c-]c2c(c1)c1cccc3c1c1c(ccnc21)C3(C)C.[Ir]. The van der Waals surface area contributed by atoms with Gasteiger partial charge in [-0.3, -0.25) is 0 Å². The van der Waals surface area contributed by atoms with Crippen LogP contribution in [0.15, 0.2) is 42.6 Å². The van der Waals surface area contributed by atoms with Gasteiger partial charge in [0, 0.05) is 31.7 Å². The number of hydrogen-bond donors (Lipinski definition) is 0. The van der Waals surface area contributed by atoms with Gasteiger partial charge in [-0.05, 0) is 38.9 Å². The first-order valence-electron chi connectivity index (χ1n) is 9.00. The molecule has 0 fully saturated rings. The van der Waals surface area contributed by atoms with Crippen molar-refractivity contribution >= 4 is 32.4 Å². The van der Waals surface area contributed by atoms with E-state index in [-0.39, 0.29) is 30.9 Å². The Hall–Kier alpha value is -1.76. The van der Waals surface area contributed by atoms with Crippen LogP contribution in [0.3, 0.4) is 0 Å². The third-order valence-corrected chi connectivity index (χ3v) is 5.95. The van der Waals surface area contributed by atoms with Crippen LogP contribution < -0.4 is 0 Å². The van der Waals surface area contributed by atoms with Crippen LogP contribution in [0, 0.1) is 6.07 Å². The quantitative estimate of drug-likeness (QED) is 0.198. The van der Waals surface area contributed by atoms with Gasteiger partial charge < -0.3 is 4.98 Å². The summed E-state index contributed by atoms with van der Waals surface area (Å²) in [6, 6.07) is 17.0. The zero-order valence-corrected chi connectivity index (χ0v) is 18.2. The van der Waals surface area contributed by atoms with E-state index in [0.29, 0.717) is 0 Å². The van der Waals surface area contributed by atoms with Crippen molar-refractivity contribution in [2.45, 2.75) is 45.4 Å². The molecule has 0 atom stereocenters. The predicted molar refractivity (Wildman–Crippen MR) is 106 cm³/mol. The van der Waals surface area contributed by atoms with Gasteiger partial charge in [-0.1, -0.05) is 63.6 Å². The van der Waals surface area contributed by atoms with E-state index in [0.717, 1.165) is 10.9 Å². The van der Waals surface area contributed by atoms with Gasteiger partial charge >= 0.3 is 0 Å². The molecule has 1 aromatic heterocycles. The molecule has 4 aromatic rings. The van der Waals surface area contributed by atoms with E-state index in [9.17, 15) is 0 Å². The first kappa shape index (κ1) is 17.6. The Labute approximate surface area is 168 Å². The van der Waals surface area contributed by atoms with Gasteiger partial charge in [0.15, 0.2) is 0 Å². The molecule has 0 saturated heterocycles. The summed E-state index contributed by atoms with van der Waals surface area (Å²) in [6.45, 7) is 11.4. The van der Waals surface area contributed by atoms with Crippen molar-refractivity contribution in [1.82, 2.24) is 4.98 Å². The van der Waals surface area contributed by atoms with E-state index in [1.165, 1.54) is 38.2 Å². The number of benzene rings is 3. The maximum Gasteiger partial charge on any atom is 0.0164 e. The summed E-state index contributed by atoms with van der Waals surface area (Å²) in [5.41, 5.74) is 5.35. The molecule has 2 heteroatoms. The summed E-state index contributed by atoms with van der Waals surface area (Å²) in [6.07, 6.45) is 1.96. The average Bonchev–Trinajstić information content (AvgIpc) is 2.82. The van der Waals surface area contributed by atoms with Crippen LogP contribution >= 0.6 is 0 Å². The molecule has 0 N–H and O–H groups in total. The Kier molecular flexibility index (Phi) is 3.65. The smallest absolute Gasteiger partial charge is 0.0164 e. The summed E-state index contributed by atoms with van der Waals surface area (Å²) < 4.78 is 0. The van der Waals surface area contributed by atoms with Crippen molar-refractivity contribution in [2.75, 3.05) is 0 Å². The van der Waals surface area contributed by atoms with Gasteiger partial charge in [-0.2, -0.15) is 0 Å². The molecule has 0 unspecified atom stereocenters. The van der Waals surface area contributed by atoms with Crippen LogP contribution in [0.1, 0.15) is 51.3 Å². The van der Waals surface area contributed by atoms with E-state index in [4.69, 9.17) is 4.98 Å². The summed E-state index contributed by atoms with van der Waals surface area (Å²) >= 11 is 0. The molecular formula is C24H22IrN-. The van der Waals surface area contributed by atoms with Crippen molar-refractivity contribution in [2.24, 2.45) is 0 Å². The first-order chi connectivity index (χ1) is 11.8. The molecule has 1 heterocycles. The molecule has 0 spiro atoms. The monoisotopic (exact) mass is 517 g/mol. The zero-order valence-electron chi connectivity index (χ0n) is 15.8. The van der Waals surface area contributed by atoms with Gasteiger partial charge in [0.05, 0.1) is 0 Å². The van der Waals surface area contributed by atoms with Crippen LogP contribution in [0.5, 0.6) is 0 Å². The second kappa shape index (κ2) is 5.38. The minimum Gasteiger partial charge on any atom is -0.304 e. The van der Waals surface area contributed by atoms with Crippen molar-refractivity contribution in [1.29, 1.82) is 0 Å². The predicted octanol–water partition coefficient (Wildman–Crippen LogP) is 6.28. The summed E-state index contributed by atoms with van der Waals surface area (Å²) in [5, 5.41) is 6.47. The Bertz CT molecular complexity index is 1200. The van der Waals surface area contributed by atoms with Crippen molar-refractivity contribution < 1.29 is 20.1 Å². The molecule has 1 aliphatic carbocycles. The molecule has 3 aromatic carbocycles. The Morgan fingerprint density at radius 1 is 0.962 bits per heavy atom. The fraction of sp³-hybridized carbons (Fsp3) is 0.292. The van der Waals surface area contributed by atoms with E-state index >= 15 is 0 Å². The number of nitrogens with zero attached hydrogens (tertiary/aromatic N) is 1. The van der Waals surface area contributed by atoms with Crippen molar-refractivity contribution in [3.63, 3.8) is 0 Å². The molecule has 0 aliphatic heterocycles. The molecule has 0 amide bonds. The first-order valence-corrected chi connectivity index (χ1v) is 9.00. The maximum atomic E-state index is 4.78. The normalized spacial score (nSPS) is 15.1. The number of pyridine rings is 1. The zero-order chi connectivity index (χ0) is 17.6. The molecule has 133 valence electrons. The third kappa shape index (κ3) is 2.09. The van der Waals surface area contributed by atoms with Crippen LogP contribution in [0.2, 0.25) is 0 Å². The molecule has 0 bridgehead atoms. The minimum atomic E-state index is 0. The Morgan fingerprint density at radius 3 is 2.42 bits per heavy atom. The standard InChI is InChI=1S/C24H22N.Ir/c1-23(2,3)14-9-10-16-17(13-14)15-7-6-8-18-20(15)21-19(24(18,4)5)11-12-25-22(16)21;/h6-9,11-13H,1-5H3;/q-1;. The van der Waals surface area contributed by atoms with Crippen LogP contribution in [0.25, 0.3) is 32.4 Å². The summed E-state index contributed by atoms with van der Waals surface area (Å²) in [7, 11) is 0. The van der Waals surface area contributed by atoms with Crippen LogP contribution in [-0.4, -0.2) is 4.98 Å². The fourth-order valence-electron chi connectivity index (χ4n) is 4.48. The van der Waals surface area contributed by atoms with Gasteiger partial charge in [0.2, 0.25) is 0 Å². The van der Waals surface area contributed by atoms with Crippen LogP contribution in [0.4, 0.5) is 0 Å². The second-order valence-corrected chi connectivity index (χ2v) is 8.86. The average molecular weight is 517 g/mol. The topological polar surface area (TPSA) is 12.9 Å². The van der Waals surface area contributed by atoms with Crippen LogP contribution in [-0.2, 0) is 30.9 Å². The molecule has 1 nitrogen and oxygen atoms in total. The van der Waals surface area contributed by atoms with Gasteiger partial charge in [-0.15, -0.1) is 29.1 Å². The Morgan fingerprint density at radius 2 is 1.69 bits per heavy atom. The number of rotatable bonds is 0. The number of aromatic nitrogens is 1. The maximum absolute atomic E-state index is 4.78. The molecule has 26 heavy (non-hydrogen) atoms. The van der Waals surface area contributed by atoms with E-state index < -0.39 is 0 Å². The minimum absolute atomic E-state index is 0. The molecule has 1 aliphatic rings. The molecule has 5 rings (SSSR count). The number of hydrogen-bond acceptors (Lipinski definition) is 1. The van der Waals surface area contributed by atoms with Crippen molar-refractivity contribution in [3.05, 3.63) is 65.4 Å². The van der Waals surface area contributed by atoms with E-state index in [2.05, 4.69) is 77.1 Å². The number of fused-ring (bicyclic) bond motifs is 3. The van der Waals surface area contributed by atoms with Gasteiger partial charge in [0.25, 0.3) is 0 Å². The van der Waals surface area contributed by atoms with E-state index in [1.807, 2.05) is 6.20 Å². The third-order valence-electron chi connectivity index (χ3n) is 5.95. The van der Waals surface area contributed by atoms with Gasteiger partial charge in [-0.25, -0.2) is 0 Å². The molecule has 1 radical (unpaired) electrons. The van der Waals surface area contributed by atoms with Crippen molar-refractivity contribution in [3.8, 4) is 0 Å². The molecule has 0 saturated carbocycles. The Balaban J connectivity index is 0.00000168. The fourth-order valence-corrected chi connectivity index (χ4v) is 4.48. The second-order valence-electron chi connectivity index (χ2n) is 8.86. The largest absolute Gasteiger partial charge is 0.304 e. The molecular weight excluding hydrogens is 494 g/mol.